The molecule has 148 valence electrons. The molecule has 0 saturated heterocycles. The van der Waals surface area contributed by atoms with Gasteiger partial charge in [0.05, 0.1) is 5.75 Å². The topological polar surface area (TPSA) is 59.8 Å². The van der Waals surface area contributed by atoms with Gasteiger partial charge in [0.2, 0.25) is 5.91 Å². The first kappa shape index (κ1) is 20.6. The Morgan fingerprint density at radius 2 is 2.04 bits per heavy atom. The number of thioether (sulfide) groups is 1. The molecular weight excluding hydrogens is 388 g/mol. The molecule has 0 bridgehead atoms. The van der Waals surface area contributed by atoms with Crippen LogP contribution in [0.4, 0.5) is 0 Å². The zero-order valence-corrected chi connectivity index (χ0v) is 17.9. The first-order valence-electron chi connectivity index (χ1n) is 9.56. The summed E-state index contributed by atoms with van der Waals surface area (Å²) in [6, 6.07) is 14.8. The van der Waals surface area contributed by atoms with E-state index >= 15 is 0 Å². The summed E-state index contributed by atoms with van der Waals surface area (Å²) in [5.74, 6) is 1.34. The number of benzene rings is 1. The Labute approximate surface area is 174 Å². The van der Waals surface area contributed by atoms with Crippen molar-refractivity contribution in [1.29, 1.82) is 0 Å². The number of carbonyl (C=O) groups is 1. The number of hydrogen-bond donors (Lipinski definition) is 1. The van der Waals surface area contributed by atoms with Crippen molar-refractivity contribution in [1.82, 2.24) is 20.1 Å². The van der Waals surface area contributed by atoms with Gasteiger partial charge in [0, 0.05) is 23.9 Å². The maximum absolute atomic E-state index is 12.2. The molecule has 0 radical (unpaired) electrons. The zero-order chi connectivity index (χ0) is 19.8. The van der Waals surface area contributed by atoms with E-state index in [-0.39, 0.29) is 11.9 Å². The van der Waals surface area contributed by atoms with Gasteiger partial charge in [0.15, 0.2) is 5.16 Å². The quantitative estimate of drug-likeness (QED) is 0.506. The summed E-state index contributed by atoms with van der Waals surface area (Å²) < 4.78 is 2.16. The van der Waals surface area contributed by atoms with Gasteiger partial charge in [0.25, 0.3) is 0 Å². The Morgan fingerprint density at radius 3 is 2.75 bits per heavy atom. The molecule has 0 spiro atoms. The van der Waals surface area contributed by atoms with E-state index < -0.39 is 0 Å². The SMILES string of the molecule is CCC(C)NC(=O)CSc1nnc(Cc2cccs2)n1CCc1ccccc1. The molecule has 28 heavy (non-hydrogen) atoms. The van der Waals surface area contributed by atoms with Crippen molar-refractivity contribution in [3.8, 4) is 0 Å². The molecule has 2 aromatic heterocycles. The highest BCUT2D eigenvalue weighted by Crippen LogP contribution is 2.21. The highest BCUT2D eigenvalue weighted by molar-refractivity contribution is 7.99. The van der Waals surface area contributed by atoms with Gasteiger partial charge >= 0.3 is 0 Å². The lowest BCUT2D eigenvalue weighted by Crippen LogP contribution is -2.33. The van der Waals surface area contributed by atoms with Crippen LogP contribution < -0.4 is 5.32 Å². The fourth-order valence-corrected chi connectivity index (χ4v) is 4.28. The molecule has 5 nitrogen and oxygen atoms in total. The second kappa shape index (κ2) is 10.4. The number of amides is 1. The predicted octanol–water partition coefficient (Wildman–Crippen LogP) is 4.18. The largest absolute Gasteiger partial charge is 0.353 e. The minimum atomic E-state index is 0.0387. The van der Waals surface area contributed by atoms with E-state index in [1.807, 2.05) is 13.0 Å². The third-order valence-electron chi connectivity index (χ3n) is 4.52. The lowest BCUT2D eigenvalue weighted by Gasteiger charge is -2.12. The summed E-state index contributed by atoms with van der Waals surface area (Å²) in [5.41, 5.74) is 1.28. The van der Waals surface area contributed by atoms with Gasteiger partial charge in [0.1, 0.15) is 5.82 Å². The summed E-state index contributed by atoms with van der Waals surface area (Å²) in [4.78, 5) is 13.4. The highest BCUT2D eigenvalue weighted by atomic mass is 32.2. The first-order chi connectivity index (χ1) is 13.7. The second-order valence-electron chi connectivity index (χ2n) is 6.71. The molecule has 0 fully saturated rings. The van der Waals surface area contributed by atoms with Gasteiger partial charge in [-0.1, -0.05) is 55.1 Å². The first-order valence-corrected chi connectivity index (χ1v) is 11.4. The molecule has 7 heteroatoms. The van der Waals surface area contributed by atoms with Crippen molar-refractivity contribution in [2.24, 2.45) is 0 Å². The van der Waals surface area contributed by atoms with Crippen molar-refractivity contribution in [2.45, 2.75) is 50.9 Å². The van der Waals surface area contributed by atoms with Crippen LogP contribution in [0.1, 0.15) is 36.5 Å². The van der Waals surface area contributed by atoms with Crippen LogP contribution in [0.5, 0.6) is 0 Å². The highest BCUT2D eigenvalue weighted by Gasteiger charge is 2.15. The Hall–Kier alpha value is -2.12. The summed E-state index contributed by atoms with van der Waals surface area (Å²) in [6.45, 7) is 4.88. The van der Waals surface area contributed by atoms with Gasteiger partial charge in [-0.3, -0.25) is 4.79 Å². The second-order valence-corrected chi connectivity index (χ2v) is 8.68. The number of aromatic nitrogens is 3. The molecule has 0 aliphatic rings. The molecule has 1 unspecified atom stereocenters. The molecule has 1 atom stereocenters. The van der Waals surface area contributed by atoms with Crippen molar-refractivity contribution in [3.63, 3.8) is 0 Å². The van der Waals surface area contributed by atoms with E-state index in [2.05, 4.69) is 68.8 Å². The third-order valence-corrected chi connectivity index (χ3v) is 6.37. The summed E-state index contributed by atoms with van der Waals surface area (Å²) in [5, 5.41) is 14.7. The van der Waals surface area contributed by atoms with Gasteiger partial charge in [-0.2, -0.15) is 0 Å². The van der Waals surface area contributed by atoms with Gasteiger partial charge in [-0.25, -0.2) is 0 Å². The monoisotopic (exact) mass is 414 g/mol. The summed E-state index contributed by atoms with van der Waals surface area (Å²) in [6.07, 6.45) is 2.59. The van der Waals surface area contributed by atoms with Crippen LogP contribution in [-0.4, -0.2) is 32.5 Å². The van der Waals surface area contributed by atoms with E-state index in [4.69, 9.17) is 0 Å². The van der Waals surface area contributed by atoms with Crippen LogP contribution in [-0.2, 0) is 24.2 Å². The molecule has 0 aliphatic carbocycles. The maximum Gasteiger partial charge on any atom is 0.230 e. The average molecular weight is 415 g/mol. The molecule has 0 aliphatic heterocycles. The van der Waals surface area contributed by atoms with E-state index in [0.29, 0.717) is 5.75 Å². The van der Waals surface area contributed by atoms with Crippen LogP contribution in [0.2, 0.25) is 0 Å². The molecular formula is C21H26N4OS2. The van der Waals surface area contributed by atoms with E-state index in [1.54, 1.807) is 11.3 Å². The Balaban J connectivity index is 1.70. The van der Waals surface area contributed by atoms with Crippen LogP contribution >= 0.6 is 23.1 Å². The van der Waals surface area contributed by atoms with Crippen LogP contribution in [0, 0.1) is 0 Å². The lowest BCUT2D eigenvalue weighted by molar-refractivity contribution is -0.119. The Kier molecular flexibility index (Phi) is 7.68. The number of hydrogen-bond acceptors (Lipinski definition) is 5. The Morgan fingerprint density at radius 1 is 1.21 bits per heavy atom. The summed E-state index contributed by atoms with van der Waals surface area (Å²) >= 11 is 3.18. The predicted molar refractivity (Wildman–Crippen MR) is 116 cm³/mol. The molecule has 3 aromatic rings. The zero-order valence-electron chi connectivity index (χ0n) is 16.3. The van der Waals surface area contributed by atoms with E-state index in [9.17, 15) is 4.79 Å². The molecule has 0 saturated carbocycles. The molecule has 2 heterocycles. The minimum Gasteiger partial charge on any atom is -0.353 e. The molecule has 1 aromatic carbocycles. The Bertz CT molecular complexity index is 862. The third kappa shape index (κ3) is 5.94. The van der Waals surface area contributed by atoms with Crippen molar-refractivity contribution in [3.05, 3.63) is 64.1 Å². The molecule has 1 amide bonds. The van der Waals surface area contributed by atoms with Crippen LogP contribution in [0.15, 0.2) is 53.0 Å². The number of thiophene rings is 1. The molecule has 3 rings (SSSR count). The fourth-order valence-electron chi connectivity index (χ4n) is 2.78. The summed E-state index contributed by atoms with van der Waals surface area (Å²) in [7, 11) is 0. The van der Waals surface area contributed by atoms with Crippen molar-refractivity contribution in [2.75, 3.05) is 5.75 Å². The average Bonchev–Trinajstić information content (AvgIpc) is 3.36. The number of nitrogens with zero attached hydrogens (tertiary/aromatic N) is 3. The maximum atomic E-state index is 12.2. The molecule has 1 N–H and O–H groups in total. The normalized spacial score (nSPS) is 12.1. The fraction of sp³-hybridized carbons (Fsp3) is 0.381. The smallest absolute Gasteiger partial charge is 0.230 e. The number of nitrogens with one attached hydrogen (secondary N) is 1. The van der Waals surface area contributed by atoms with Crippen LogP contribution in [0.25, 0.3) is 0 Å². The van der Waals surface area contributed by atoms with Crippen molar-refractivity contribution < 1.29 is 4.79 Å². The van der Waals surface area contributed by atoms with E-state index in [1.165, 1.54) is 22.2 Å². The number of rotatable bonds is 10. The number of carbonyl (C=O) groups excluding carboxylic acids is 1. The lowest BCUT2D eigenvalue weighted by atomic mass is 10.1. The van der Waals surface area contributed by atoms with E-state index in [0.717, 1.165) is 36.8 Å². The van der Waals surface area contributed by atoms with Crippen LogP contribution in [0.3, 0.4) is 0 Å². The van der Waals surface area contributed by atoms with Crippen molar-refractivity contribution >= 4 is 29.0 Å². The standard InChI is InChI=1S/C21H26N4OS2/c1-3-16(2)22-20(26)15-28-21-24-23-19(14-18-10-7-13-27-18)25(21)12-11-17-8-5-4-6-9-17/h4-10,13,16H,3,11-12,14-15H2,1-2H3,(H,22,26). The van der Waals surface area contributed by atoms with Gasteiger partial charge < -0.3 is 9.88 Å². The van der Waals surface area contributed by atoms with Gasteiger partial charge in [-0.05, 0) is 36.8 Å². The van der Waals surface area contributed by atoms with Gasteiger partial charge in [-0.15, -0.1) is 21.5 Å². The minimum absolute atomic E-state index is 0.0387. The number of aryl methyl sites for hydroxylation is 1.